The Bertz CT molecular complexity index is 767. The molecule has 2 amide bonds. The lowest BCUT2D eigenvalue weighted by atomic mass is 9.91. The highest BCUT2D eigenvalue weighted by molar-refractivity contribution is 6.04. The molecule has 0 fully saturated rings. The van der Waals surface area contributed by atoms with Crippen molar-refractivity contribution in [1.29, 1.82) is 0 Å². The Morgan fingerprint density at radius 3 is 2.04 bits per heavy atom. The van der Waals surface area contributed by atoms with Crippen molar-refractivity contribution in [3.05, 3.63) is 65.2 Å². The maximum absolute atomic E-state index is 12.5. The molecule has 26 heavy (non-hydrogen) atoms. The summed E-state index contributed by atoms with van der Waals surface area (Å²) in [6.45, 7) is 6.01. The molecule has 0 aliphatic carbocycles. The van der Waals surface area contributed by atoms with E-state index in [1.54, 1.807) is 21.0 Å². The zero-order valence-electron chi connectivity index (χ0n) is 15.8. The number of amides is 2. The first kappa shape index (κ1) is 19.5. The van der Waals surface area contributed by atoms with Crippen LogP contribution in [0.5, 0.6) is 5.75 Å². The lowest BCUT2D eigenvalue weighted by Gasteiger charge is -2.23. The maximum atomic E-state index is 12.5. The molecule has 2 aromatic carbocycles. The molecule has 0 radical (unpaired) electrons. The van der Waals surface area contributed by atoms with Gasteiger partial charge >= 0.3 is 0 Å². The second-order valence-electron chi connectivity index (χ2n) is 6.83. The summed E-state index contributed by atoms with van der Waals surface area (Å²) in [7, 11) is 1.61. The average molecular weight is 354 g/mol. The van der Waals surface area contributed by atoms with Crippen molar-refractivity contribution in [2.75, 3.05) is 7.11 Å². The minimum absolute atomic E-state index is 0.300. The molecule has 5 nitrogen and oxygen atoms in total. The quantitative estimate of drug-likeness (QED) is 0.751. The van der Waals surface area contributed by atoms with E-state index in [4.69, 9.17) is 4.74 Å². The molecule has 0 aromatic heterocycles. The van der Waals surface area contributed by atoms with Gasteiger partial charge in [-0.2, -0.15) is 0 Å². The highest BCUT2D eigenvalue weighted by Crippen LogP contribution is 2.17. The van der Waals surface area contributed by atoms with Crippen LogP contribution in [0.3, 0.4) is 0 Å². The van der Waals surface area contributed by atoms with E-state index in [1.165, 1.54) is 0 Å². The smallest absolute Gasteiger partial charge is 0.235 e. The highest BCUT2D eigenvalue weighted by atomic mass is 16.5. The third-order valence-electron chi connectivity index (χ3n) is 4.28. The molecule has 2 rings (SSSR count). The van der Waals surface area contributed by atoms with Gasteiger partial charge in [-0.1, -0.05) is 42.0 Å². The Kier molecular flexibility index (Phi) is 6.39. The van der Waals surface area contributed by atoms with Crippen LogP contribution in [0.25, 0.3) is 0 Å². The lowest BCUT2D eigenvalue weighted by molar-refractivity contribution is -0.141. The van der Waals surface area contributed by atoms with Gasteiger partial charge in [0, 0.05) is 13.1 Å². The average Bonchev–Trinajstić information content (AvgIpc) is 2.64. The molecule has 0 aliphatic heterocycles. The Morgan fingerprint density at radius 2 is 1.50 bits per heavy atom. The molecular weight excluding hydrogens is 328 g/mol. The van der Waals surface area contributed by atoms with Crippen LogP contribution in [0.15, 0.2) is 48.5 Å². The van der Waals surface area contributed by atoms with Gasteiger partial charge in [0.15, 0.2) is 0 Å². The zero-order chi connectivity index (χ0) is 19.2. The summed E-state index contributed by atoms with van der Waals surface area (Å²) in [5.74, 6) is 0.150. The number of hydrogen-bond donors (Lipinski definition) is 2. The number of hydrogen-bond acceptors (Lipinski definition) is 3. The molecule has 5 heteroatoms. The molecule has 2 N–H and O–H groups in total. The molecule has 0 heterocycles. The van der Waals surface area contributed by atoms with Crippen molar-refractivity contribution < 1.29 is 14.3 Å². The number of ether oxygens (including phenoxy) is 1. The molecule has 0 bridgehead atoms. The number of nitrogens with one attached hydrogen (secondary N) is 2. The maximum Gasteiger partial charge on any atom is 0.235 e. The third kappa shape index (κ3) is 5.09. The summed E-state index contributed by atoms with van der Waals surface area (Å²) in [6.07, 6.45) is 0. The van der Waals surface area contributed by atoms with Gasteiger partial charge in [0.2, 0.25) is 11.8 Å². The van der Waals surface area contributed by atoms with Gasteiger partial charge < -0.3 is 15.4 Å². The van der Waals surface area contributed by atoms with E-state index >= 15 is 0 Å². The molecular formula is C21H26N2O3. The molecule has 0 saturated heterocycles. The van der Waals surface area contributed by atoms with E-state index in [-0.39, 0.29) is 11.8 Å². The fourth-order valence-corrected chi connectivity index (χ4v) is 2.48. The van der Waals surface area contributed by atoms with Gasteiger partial charge in [-0.15, -0.1) is 0 Å². The molecule has 0 atom stereocenters. The van der Waals surface area contributed by atoms with Crippen molar-refractivity contribution >= 4 is 11.8 Å². The van der Waals surface area contributed by atoms with Crippen LogP contribution in [0.2, 0.25) is 0 Å². The van der Waals surface area contributed by atoms with Crippen molar-refractivity contribution in [3.8, 4) is 5.75 Å². The van der Waals surface area contributed by atoms with E-state index in [0.717, 1.165) is 22.4 Å². The van der Waals surface area contributed by atoms with Gasteiger partial charge in [-0.25, -0.2) is 0 Å². The number of benzene rings is 2. The largest absolute Gasteiger partial charge is 0.497 e. The van der Waals surface area contributed by atoms with Gasteiger partial charge in [-0.05, 0) is 44.0 Å². The van der Waals surface area contributed by atoms with E-state index < -0.39 is 5.41 Å². The number of carbonyl (C=O) groups excluding carboxylic acids is 2. The van der Waals surface area contributed by atoms with Crippen molar-refractivity contribution in [3.63, 3.8) is 0 Å². The first-order valence-corrected chi connectivity index (χ1v) is 8.58. The zero-order valence-corrected chi connectivity index (χ0v) is 15.8. The molecule has 0 aliphatic rings. The van der Waals surface area contributed by atoms with Gasteiger partial charge in [0.25, 0.3) is 0 Å². The summed E-state index contributed by atoms with van der Waals surface area (Å²) in [4.78, 5) is 24.9. The standard InChI is InChI=1S/C21H26N2O3/c1-15-6-5-7-17(12-15)14-23-20(25)21(2,3)19(24)22-13-16-8-10-18(26-4)11-9-16/h5-12H,13-14H2,1-4H3,(H,22,24)(H,23,25). The Hall–Kier alpha value is -2.82. The fraction of sp³-hybridized carbons (Fsp3) is 0.333. The van der Waals surface area contributed by atoms with Gasteiger partial charge in [0.05, 0.1) is 7.11 Å². The predicted octanol–water partition coefficient (Wildman–Crippen LogP) is 2.96. The fourth-order valence-electron chi connectivity index (χ4n) is 2.48. The Labute approximate surface area is 154 Å². The topological polar surface area (TPSA) is 67.4 Å². The SMILES string of the molecule is COc1ccc(CNC(=O)C(C)(C)C(=O)NCc2cccc(C)c2)cc1. The normalized spacial score (nSPS) is 10.9. The van der Waals surface area contributed by atoms with Crippen LogP contribution >= 0.6 is 0 Å². The molecule has 0 unspecified atom stereocenters. The third-order valence-corrected chi connectivity index (χ3v) is 4.28. The van der Waals surface area contributed by atoms with Crippen LogP contribution < -0.4 is 15.4 Å². The Balaban J connectivity index is 1.89. The Morgan fingerprint density at radius 1 is 0.923 bits per heavy atom. The molecule has 0 saturated carbocycles. The van der Waals surface area contributed by atoms with Crippen LogP contribution in [0.1, 0.15) is 30.5 Å². The van der Waals surface area contributed by atoms with Crippen LogP contribution in [-0.4, -0.2) is 18.9 Å². The molecule has 2 aromatic rings. The minimum atomic E-state index is -1.16. The minimum Gasteiger partial charge on any atom is -0.497 e. The van der Waals surface area contributed by atoms with Crippen LogP contribution in [0.4, 0.5) is 0 Å². The summed E-state index contributed by atoms with van der Waals surface area (Å²) < 4.78 is 5.11. The number of aryl methyl sites for hydroxylation is 1. The molecule has 138 valence electrons. The van der Waals surface area contributed by atoms with E-state index in [2.05, 4.69) is 10.6 Å². The van der Waals surface area contributed by atoms with Crippen LogP contribution in [-0.2, 0) is 22.7 Å². The molecule has 0 spiro atoms. The van der Waals surface area contributed by atoms with E-state index in [1.807, 2.05) is 55.5 Å². The van der Waals surface area contributed by atoms with Crippen LogP contribution in [0, 0.1) is 12.3 Å². The first-order chi connectivity index (χ1) is 12.3. The van der Waals surface area contributed by atoms with E-state index in [0.29, 0.717) is 13.1 Å². The summed E-state index contributed by atoms with van der Waals surface area (Å²) in [5, 5.41) is 5.67. The van der Waals surface area contributed by atoms with E-state index in [9.17, 15) is 9.59 Å². The number of methoxy groups -OCH3 is 1. The van der Waals surface area contributed by atoms with Crippen molar-refractivity contribution in [2.24, 2.45) is 5.41 Å². The summed E-state index contributed by atoms with van der Waals surface area (Å²) >= 11 is 0. The monoisotopic (exact) mass is 354 g/mol. The summed E-state index contributed by atoms with van der Waals surface area (Å²) in [5.41, 5.74) is 1.92. The predicted molar refractivity (Wildman–Crippen MR) is 102 cm³/mol. The van der Waals surface area contributed by atoms with Gasteiger partial charge in [-0.3, -0.25) is 9.59 Å². The number of carbonyl (C=O) groups is 2. The number of rotatable bonds is 7. The second kappa shape index (κ2) is 8.52. The second-order valence-corrected chi connectivity index (χ2v) is 6.83. The highest BCUT2D eigenvalue weighted by Gasteiger charge is 2.35. The lowest BCUT2D eigenvalue weighted by Crippen LogP contribution is -2.47. The first-order valence-electron chi connectivity index (χ1n) is 8.58. The van der Waals surface area contributed by atoms with Crippen molar-refractivity contribution in [2.45, 2.75) is 33.9 Å². The summed E-state index contributed by atoms with van der Waals surface area (Å²) in [6, 6.07) is 15.3. The van der Waals surface area contributed by atoms with Crippen molar-refractivity contribution in [1.82, 2.24) is 10.6 Å². The van der Waals surface area contributed by atoms with Gasteiger partial charge in [0.1, 0.15) is 11.2 Å².